The molecule has 0 aromatic heterocycles. The first-order chi connectivity index (χ1) is 22.0. The van der Waals surface area contributed by atoms with Crippen LogP contribution in [0.4, 0.5) is 0 Å². The Balaban J connectivity index is 2.24. The Labute approximate surface area is 285 Å². The molecular formula is C34H57N3O7S2. The highest BCUT2D eigenvalue weighted by Gasteiger charge is 2.18. The normalized spacial score (nSPS) is 12.1. The first-order valence-corrected chi connectivity index (χ1v) is 18.4. The highest BCUT2D eigenvalue weighted by molar-refractivity contribution is 8.77. The van der Waals surface area contributed by atoms with Crippen LogP contribution in [0.3, 0.4) is 0 Å². The SMILES string of the molecule is CC(C)C#CCOCCNC(=O)CCCOCCOCCOC(COc1cccc(C(=O)NCCNC(C)C)c1)SSC(C)(C)C. The third-order valence-corrected chi connectivity index (χ3v) is 9.10. The Kier molecular flexibility index (Phi) is 23.8. The van der Waals surface area contributed by atoms with Gasteiger partial charge >= 0.3 is 0 Å². The molecule has 12 heteroatoms. The summed E-state index contributed by atoms with van der Waals surface area (Å²) in [5, 5.41) is 9.04. The largest absolute Gasteiger partial charge is 0.490 e. The predicted molar refractivity (Wildman–Crippen MR) is 189 cm³/mol. The van der Waals surface area contributed by atoms with E-state index in [0.717, 1.165) is 0 Å². The van der Waals surface area contributed by atoms with Crippen molar-refractivity contribution in [3.63, 3.8) is 0 Å². The topological polar surface area (TPSA) is 116 Å². The van der Waals surface area contributed by atoms with Crippen molar-refractivity contribution in [2.24, 2.45) is 5.92 Å². The van der Waals surface area contributed by atoms with Gasteiger partial charge in [0.2, 0.25) is 5.91 Å². The molecule has 0 aliphatic rings. The molecule has 1 rings (SSSR count). The fraction of sp³-hybridized carbons (Fsp3) is 0.706. The van der Waals surface area contributed by atoms with E-state index < -0.39 is 0 Å². The van der Waals surface area contributed by atoms with Crippen LogP contribution >= 0.6 is 21.6 Å². The smallest absolute Gasteiger partial charge is 0.251 e. The summed E-state index contributed by atoms with van der Waals surface area (Å²) in [6.45, 7) is 19.8. The van der Waals surface area contributed by atoms with Crippen LogP contribution in [-0.2, 0) is 23.7 Å². The van der Waals surface area contributed by atoms with Crippen LogP contribution < -0.4 is 20.7 Å². The Bertz CT molecular complexity index is 1030. The van der Waals surface area contributed by atoms with Crippen molar-refractivity contribution >= 4 is 33.4 Å². The average Bonchev–Trinajstić information content (AvgIpc) is 3.00. The minimum atomic E-state index is -0.222. The van der Waals surface area contributed by atoms with Crippen molar-refractivity contribution in [2.45, 2.75) is 77.5 Å². The maximum Gasteiger partial charge on any atom is 0.251 e. The number of carbonyl (C=O) groups is 2. The number of rotatable bonds is 25. The minimum Gasteiger partial charge on any atom is -0.490 e. The van der Waals surface area contributed by atoms with Crippen molar-refractivity contribution in [3.05, 3.63) is 29.8 Å². The lowest BCUT2D eigenvalue weighted by Gasteiger charge is -2.22. The van der Waals surface area contributed by atoms with Crippen LogP contribution in [0.5, 0.6) is 5.75 Å². The van der Waals surface area contributed by atoms with Crippen LogP contribution in [0.25, 0.3) is 0 Å². The number of ether oxygens (including phenoxy) is 5. The Hall–Kier alpha value is -1.98. The quantitative estimate of drug-likeness (QED) is 0.0568. The summed E-state index contributed by atoms with van der Waals surface area (Å²) in [6.07, 6.45) is 1.05. The van der Waals surface area contributed by atoms with Crippen molar-refractivity contribution in [1.29, 1.82) is 0 Å². The van der Waals surface area contributed by atoms with Gasteiger partial charge in [-0.2, -0.15) is 0 Å². The molecule has 0 heterocycles. The number of amides is 2. The number of hydrogen-bond donors (Lipinski definition) is 3. The maximum atomic E-state index is 12.5. The Morgan fingerprint density at radius 1 is 0.891 bits per heavy atom. The number of nitrogens with one attached hydrogen (secondary N) is 3. The van der Waals surface area contributed by atoms with Gasteiger partial charge in [-0.05, 0) is 24.6 Å². The van der Waals surface area contributed by atoms with Gasteiger partial charge in [-0.15, -0.1) is 0 Å². The molecule has 10 nitrogen and oxygen atoms in total. The van der Waals surface area contributed by atoms with Crippen LogP contribution in [0, 0.1) is 17.8 Å². The van der Waals surface area contributed by atoms with E-state index in [1.807, 2.05) is 26.0 Å². The third-order valence-electron chi connectivity index (χ3n) is 5.58. The fourth-order valence-corrected chi connectivity index (χ4v) is 5.64. The van der Waals surface area contributed by atoms with E-state index in [9.17, 15) is 9.59 Å². The highest BCUT2D eigenvalue weighted by Crippen LogP contribution is 2.38. The van der Waals surface area contributed by atoms with Crippen LogP contribution in [0.15, 0.2) is 24.3 Å². The predicted octanol–water partition coefficient (Wildman–Crippen LogP) is 4.92. The van der Waals surface area contributed by atoms with E-state index >= 15 is 0 Å². The van der Waals surface area contributed by atoms with E-state index in [0.29, 0.717) is 109 Å². The van der Waals surface area contributed by atoms with E-state index in [4.69, 9.17) is 23.7 Å². The molecule has 46 heavy (non-hydrogen) atoms. The van der Waals surface area contributed by atoms with Crippen LogP contribution in [0.1, 0.15) is 71.7 Å². The van der Waals surface area contributed by atoms with E-state index in [1.54, 1.807) is 33.7 Å². The van der Waals surface area contributed by atoms with Gasteiger partial charge < -0.3 is 39.6 Å². The Morgan fingerprint density at radius 2 is 1.63 bits per heavy atom. The molecule has 0 fully saturated rings. The summed E-state index contributed by atoms with van der Waals surface area (Å²) in [6, 6.07) is 7.56. The zero-order valence-corrected chi connectivity index (χ0v) is 30.5. The van der Waals surface area contributed by atoms with Gasteiger partial charge in [-0.25, -0.2) is 0 Å². The summed E-state index contributed by atoms with van der Waals surface area (Å²) in [7, 11) is 3.35. The molecule has 0 aliphatic carbocycles. The second-order valence-corrected chi connectivity index (χ2v) is 15.2. The molecule has 2 amide bonds. The van der Waals surface area contributed by atoms with Gasteiger partial charge in [0.05, 0.1) is 33.0 Å². The van der Waals surface area contributed by atoms with Crippen molar-refractivity contribution in [2.75, 3.05) is 72.5 Å². The van der Waals surface area contributed by atoms with Gasteiger partial charge in [0.15, 0.2) is 0 Å². The van der Waals surface area contributed by atoms with Crippen molar-refractivity contribution < 1.29 is 33.3 Å². The second-order valence-electron chi connectivity index (χ2n) is 12.0. The van der Waals surface area contributed by atoms with Gasteiger partial charge in [-0.3, -0.25) is 9.59 Å². The number of hydrogen-bond acceptors (Lipinski definition) is 10. The summed E-state index contributed by atoms with van der Waals surface area (Å²) < 4.78 is 28.8. The van der Waals surface area contributed by atoms with E-state index in [-0.39, 0.29) is 22.0 Å². The molecular weight excluding hydrogens is 627 g/mol. The van der Waals surface area contributed by atoms with Crippen LogP contribution in [0.2, 0.25) is 0 Å². The summed E-state index contributed by atoms with van der Waals surface area (Å²) in [5.74, 6) is 6.77. The number of benzene rings is 1. The minimum absolute atomic E-state index is 0.0154. The fourth-order valence-electron chi connectivity index (χ4n) is 3.45. The lowest BCUT2D eigenvalue weighted by atomic mass is 10.2. The molecule has 0 aliphatic heterocycles. The summed E-state index contributed by atoms with van der Waals surface area (Å²) in [4.78, 5) is 24.4. The van der Waals surface area contributed by atoms with Gasteiger partial charge in [0, 0.05) is 54.9 Å². The van der Waals surface area contributed by atoms with Gasteiger partial charge in [0.1, 0.15) is 24.4 Å². The molecule has 262 valence electrons. The zero-order valence-electron chi connectivity index (χ0n) is 28.9. The number of carbonyl (C=O) groups excluding carboxylic acids is 2. The molecule has 1 aromatic rings. The summed E-state index contributed by atoms with van der Waals surface area (Å²) in [5.41, 5.74) is 0.333. The molecule has 1 unspecified atom stereocenters. The highest BCUT2D eigenvalue weighted by atomic mass is 33.1. The standard InChI is InChI=1S/C34H57N3O7S2/c1-27(2)11-9-18-40-20-17-36-31(38)14-10-19-41-21-22-42-23-24-43-32(45-46-34(5,6)7)26-44-30-13-8-12-29(25-30)33(39)37-16-15-35-28(3)4/h8,12-13,25,27-28,32,35H,10,14-24,26H2,1-7H3,(H,36,38)(H,37,39). The molecule has 0 radical (unpaired) electrons. The van der Waals surface area contributed by atoms with E-state index in [1.165, 1.54) is 0 Å². The molecule has 0 saturated heterocycles. The lowest BCUT2D eigenvalue weighted by molar-refractivity contribution is -0.121. The maximum absolute atomic E-state index is 12.5. The second kappa shape index (κ2) is 26.0. The third kappa shape index (κ3) is 25.2. The molecule has 0 saturated carbocycles. The van der Waals surface area contributed by atoms with Crippen LogP contribution in [-0.4, -0.2) is 101 Å². The average molecular weight is 684 g/mol. The molecule has 0 bridgehead atoms. The first-order valence-electron chi connectivity index (χ1n) is 16.1. The molecule has 0 spiro atoms. The zero-order chi connectivity index (χ0) is 34.0. The summed E-state index contributed by atoms with van der Waals surface area (Å²) >= 11 is 0. The first kappa shape index (κ1) is 42.0. The van der Waals surface area contributed by atoms with Gasteiger partial charge in [-0.1, -0.05) is 88.0 Å². The molecule has 3 N–H and O–H groups in total. The lowest BCUT2D eigenvalue weighted by Crippen LogP contribution is -2.34. The van der Waals surface area contributed by atoms with Crippen molar-refractivity contribution in [1.82, 2.24) is 16.0 Å². The molecule has 1 aromatic carbocycles. The Morgan fingerprint density at radius 3 is 2.35 bits per heavy atom. The molecule has 1 atom stereocenters. The monoisotopic (exact) mass is 683 g/mol. The van der Waals surface area contributed by atoms with Gasteiger partial charge in [0.25, 0.3) is 5.91 Å². The van der Waals surface area contributed by atoms with Crippen molar-refractivity contribution in [3.8, 4) is 17.6 Å². The van der Waals surface area contributed by atoms with E-state index in [2.05, 4.69) is 62.4 Å².